The first-order valence-corrected chi connectivity index (χ1v) is 19.9. The SMILES string of the molecule is CC1(C)c2ccccc2-c2ccc(-c3cccc(-c4c5ccccc5c(-c5cccc6c5-c5ccccc5C6(C)C)c5cc(-c6ccccc6)ccc45)c3)cc21. The summed E-state index contributed by atoms with van der Waals surface area (Å²) in [4.78, 5) is 0. The first-order valence-electron chi connectivity index (χ1n) is 19.9. The number of hydrogen-bond acceptors (Lipinski definition) is 0. The van der Waals surface area contributed by atoms with Crippen LogP contribution in [0.25, 0.3) is 88.3 Å². The summed E-state index contributed by atoms with van der Waals surface area (Å²) < 4.78 is 0. The fourth-order valence-electron chi connectivity index (χ4n) is 10.3. The van der Waals surface area contributed by atoms with Crippen molar-refractivity contribution >= 4 is 21.5 Å². The van der Waals surface area contributed by atoms with E-state index in [-0.39, 0.29) is 10.8 Å². The third-order valence-corrected chi connectivity index (χ3v) is 13.1. The Balaban J connectivity index is 1.18. The van der Waals surface area contributed by atoms with E-state index in [0.29, 0.717) is 0 Å². The smallest absolute Gasteiger partial charge is 0.0159 e. The lowest BCUT2D eigenvalue weighted by atomic mass is 9.80. The van der Waals surface area contributed by atoms with E-state index in [1.165, 1.54) is 111 Å². The largest absolute Gasteiger partial charge is 0.0622 e. The van der Waals surface area contributed by atoms with E-state index in [0.717, 1.165) is 0 Å². The minimum Gasteiger partial charge on any atom is -0.0622 e. The van der Waals surface area contributed by atoms with E-state index in [4.69, 9.17) is 0 Å². The van der Waals surface area contributed by atoms with Gasteiger partial charge >= 0.3 is 0 Å². The maximum absolute atomic E-state index is 2.45. The summed E-state index contributed by atoms with van der Waals surface area (Å²) in [5.41, 5.74) is 20.9. The summed E-state index contributed by atoms with van der Waals surface area (Å²) in [6, 6.07) is 68.3. The van der Waals surface area contributed by atoms with E-state index in [2.05, 4.69) is 210 Å². The zero-order valence-electron chi connectivity index (χ0n) is 32.3. The molecule has 56 heavy (non-hydrogen) atoms. The number of hydrogen-bond donors (Lipinski definition) is 0. The summed E-state index contributed by atoms with van der Waals surface area (Å²) >= 11 is 0. The van der Waals surface area contributed by atoms with Crippen molar-refractivity contribution in [3.05, 3.63) is 204 Å². The molecule has 0 fully saturated rings. The highest BCUT2D eigenvalue weighted by Gasteiger charge is 2.38. The molecule has 0 radical (unpaired) electrons. The van der Waals surface area contributed by atoms with Crippen molar-refractivity contribution < 1.29 is 0 Å². The van der Waals surface area contributed by atoms with Crippen LogP contribution in [0, 0.1) is 0 Å². The molecule has 0 spiro atoms. The molecule has 0 saturated carbocycles. The van der Waals surface area contributed by atoms with Gasteiger partial charge in [0.2, 0.25) is 0 Å². The lowest BCUT2D eigenvalue weighted by molar-refractivity contribution is 0.660. The molecule has 0 amide bonds. The van der Waals surface area contributed by atoms with Crippen molar-refractivity contribution in [1.29, 1.82) is 0 Å². The lowest BCUT2D eigenvalue weighted by Gasteiger charge is -2.23. The highest BCUT2D eigenvalue weighted by atomic mass is 14.4. The third kappa shape index (κ3) is 4.66. The van der Waals surface area contributed by atoms with Gasteiger partial charge in [0.1, 0.15) is 0 Å². The molecule has 0 aliphatic heterocycles. The van der Waals surface area contributed by atoms with Crippen molar-refractivity contribution in [3.8, 4) is 66.8 Å². The van der Waals surface area contributed by atoms with Crippen molar-refractivity contribution in [2.75, 3.05) is 0 Å². The van der Waals surface area contributed by atoms with Crippen molar-refractivity contribution in [2.45, 2.75) is 38.5 Å². The average Bonchev–Trinajstić information content (AvgIpc) is 3.62. The van der Waals surface area contributed by atoms with Gasteiger partial charge in [0.25, 0.3) is 0 Å². The first-order chi connectivity index (χ1) is 27.3. The Bertz CT molecular complexity index is 3060. The quantitative estimate of drug-likeness (QED) is 0.159. The zero-order chi connectivity index (χ0) is 37.8. The van der Waals surface area contributed by atoms with Gasteiger partial charge < -0.3 is 0 Å². The average molecular weight is 715 g/mol. The van der Waals surface area contributed by atoms with Crippen LogP contribution in [0.4, 0.5) is 0 Å². The number of rotatable bonds is 4. The second-order valence-electron chi connectivity index (χ2n) is 16.8. The molecule has 266 valence electrons. The van der Waals surface area contributed by atoms with Gasteiger partial charge in [-0.25, -0.2) is 0 Å². The Morgan fingerprint density at radius 2 is 0.750 bits per heavy atom. The van der Waals surface area contributed by atoms with Gasteiger partial charge in [0, 0.05) is 10.8 Å². The Hall–Kier alpha value is -6.50. The minimum atomic E-state index is -0.0846. The Morgan fingerprint density at radius 3 is 1.55 bits per heavy atom. The monoisotopic (exact) mass is 714 g/mol. The third-order valence-electron chi connectivity index (χ3n) is 13.1. The number of benzene rings is 9. The molecule has 0 heterocycles. The van der Waals surface area contributed by atoms with Crippen LogP contribution in [0.3, 0.4) is 0 Å². The van der Waals surface area contributed by atoms with Gasteiger partial charge in [0.05, 0.1) is 0 Å². The van der Waals surface area contributed by atoms with Gasteiger partial charge in [-0.15, -0.1) is 0 Å². The summed E-state index contributed by atoms with van der Waals surface area (Å²) in [7, 11) is 0. The molecule has 0 aromatic heterocycles. The molecule has 0 bridgehead atoms. The van der Waals surface area contributed by atoms with E-state index < -0.39 is 0 Å². The zero-order valence-corrected chi connectivity index (χ0v) is 32.3. The first kappa shape index (κ1) is 32.9. The van der Waals surface area contributed by atoms with Crippen LogP contribution in [-0.2, 0) is 10.8 Å². The Morgan fingerprint density at radius 1 is 0.250 bits per heavy atom. The van der Waals surface area contributed by atoms with Gasteiger partial charge in [-0.3, -0.25) is 0 Å². The molecular weight excluding hydrogens is 673 g/mol. The molecule has 11 rings (SSSR count). The van der Waals surface area contributed by atoms with Crippen molar-refractivity contribution in [3.63, 3.8) is 0 Å². The molecule has 0 atom stereocenters. The van der Waals surface area contributed by atoms with E-state index in [1.807, 2.05) is 0 Å². The second-order valence-corrected chi connectivity index (χ2v) is 16.8. The maximum atomic E-state index is 2.45. The second kappa shape index (κ2) is 12.0. The van der Waals surface area contributed by atoms with E-state index in [9.17, 15) is 0 Å². The predicted molar refractivity (Wildman–Crippen MR) is 238 cm³/mol. The molecule has 9 aromatic rings. The Labute approximate surface area is 329 Å². The standard InChI is InChI=1S/C56H42/c1-55(2)49-26-13-11-23-45(49)54-46(24-15-27-50(54)55)53-43-22-9-8-21-42(43)52(44-31-29-37(33-47(44)53)35-16-6-5-7-17-35)39-19-14-18-36(32-39)38-28-30-41-40-20-10-12-25-48(40)56(3,4)51(41)34-38/h5-34H,1-4H3. The van der Waals surface area contributed by atoms with E-state index in [1.54, 1.807) is 0 Å². The maximum Gasteiger partial charge on any atom is 0.0159 e. The summed E-state index contributed by atoms with van der Waals surface area (Å²) in [6.45, 7) is 9.48. The highest BCUT2D eigenvalue weighted by molar-refractivity contribution is 6.23. The molecule has 0 N–H and O–H groups in total. The Kier molecular flexibility index (Phi) is 7.05. The van der Waals surface area contributed by atoms with Crippen LogP contribution in [0.15, 0.2) is 182 Å². The molecule has 2 aliphatic rings. The van der Waals surface area contributed by atoms with Crippen LogP contribution >= 0.6 is 0 Å². The molecule has 0 unspecified atom stereocenters. The fourth-order valence-corrected chi connectivity index (χ4v) is 10.3. The van der Waals surface area contributed by atoms with Gasteiger partial charge in [-0.1, -0.05) is 191 Å². The molecule has 2 aliphatic carbocycles. The van der Waals surface area contributed by atoms with Crippen LogP contribution in [0.5, 0.6) is 0 Å². The minimum absolute atomic E-state index is 0.0500. The van der Waals surface area contributed by atoms with Crippen LogP contribution in [0.1, 0.15) is 49.9 Å². The molecular formula is C56H42. The lowest BCUT2D eigenvalue weighted by Crippen LogP contribution is -2.14. The van der Waals surface area contributed by atoms with Crippen LogP contribution < -0.4 is 0 Å². The van der Waals surface area contributed by atoms with Crippen LogP contribution in [0.2, 0.25) is 0 Å². The number of fused-ring (bicyclic) bond motifs is 8. The van der Waals surface area contributed by atoms with Gasteiger partial charge in [0.15, 0.2) is 0 Å². The summed E-state index contributed by atoms with van der Waals surface area (Å²) in [6.07, 6.45) is 0. The van der Waals surface area contributed by atoms with Gasteiger partial charge in [-0.2, -0.15) is 0 Å². The summed E-state index contributed by atoms with van der Waals surface area (Å²) in [5.74, 6) is 0. The normalized spacial score (nSPS) is 14.4. The molecule has 0 heteroatoms. The molecule has 9 aromatic carbocycles. The van der Waals surface area contributed by atoms with Crippen LogP contribution in [-0.4, -0.2) is 0 Å². The molecule has 0 saturated heterocycles. The topological polar surface area (TPSA) is 0 Å². The predicted octanol–water partition coefficient (Wildman–Crippen LogP) is 15.3. The summed E-state index contributed by atoms with van der Waals surface area (Å²) in [5, 5.41) is 5.09. The van der Waals surface area contributed by atoms with Gasteiger partial charge in [-0.05, 0) is 129 Å². The van der Waals surface area contributed by atoms with Crippen molar-refractivity contribution in [1.82, 2.24) is 0 Å². The van der Waals surface area contributed by atoms with Crippen molar-refractivity contribution in [2.24, 2.45) is 0 Å². The fraction of sp³-hybridized carbons (Fsp3) is 0.107. The highest BCUT2D eigenvalue weighted by Crippen LogP contribution is 2.55. The molecule has 0 nitrogen and oxygen atoms in total. The van der Waals surface area contributed by atoms with E-state index >= 15 is 0 Å².